The fourth-order valence-electron chi connectivity index (χ4n) is 4.60. The van der Waals surface area contributed by atoms with Gasteiger partial charge in [-0.25, -0.2) is 4.39 Å². The summed E-state index contributed by atoms with van der Waals surface area (Å²) in [5, 5.41) is 2.96. The average molecular weight is 534 g/mol. The Morgan fingerprint density at radius 1 is 1.18 bits per heavy atom. The van der Waals surface area contributed by atoms with Crippen molar-refractivity contribution in [3.63, 3.8) is 0 Å². The van der Waals surface area contributed by atoms with Gasteiger partial charge in [0.1, 0.15) is 17.2 Å². The average Bonchev–Trinajstić information content (AvgIpc) is 3.75. The fourth-order valence-corrected chi connectivity index (χ4v) is 4.60. The Morgan fingerprint density at radius 3 is 2.51 bits per heavy atom. The summed E-state index contributed by atoms with van der Waals surface area (Å²) < 4.78 is 16.2. The number of pyridine rings is 1. The Hall–Kier alpha value is -4.47. The lowest BCUT2D eigenvalue weighted by Gasteiger charge is -2.28. The molecule has 4 rings (SSSR count). The number of aryl methyl sites for hydroxylation is 2. The number of halogens is 1. The number of nitrogens with two attached hydrogens (primary N) is 1. The molecule has 1 aliphatic carbocycles. The van der Waals surface area contributed by atoms with E-state index in [4.69, 9.17) is 5.73 Å². The van der Waals surface area contributed by atoms with E-state index in [1.807, 2.05) is 0 Å². The van der Waals surface area contributed by atoms with Gasteiger partial charge in [0.05, 0.1) is 11.4 Å². The lowest BCUT2D eigenvalue weighted by Crippen LogP contribution is -2.35. The van der Waals surface area contributed by atoms with Crippen LogP contribution in [-0.4, -0.2) is 40.8 Å². The molecule has 0 unspecified atom stereocenters. The van der Waals surface area contributed by atoms with Crippen molar-refractivity contribution < 1.29 is 18.8 Å². The van der Waals surface area contributed by atoms with Crippen LogP contribution in [0.1, 0.15) is 46.3 Å². The number of amides is 3. The summed E-state index contributed by atoms with van der Waals surface area (Å²) in [4.78, 5) is 54.2. The Morgan fingerprint density at radius 2 is 1.90 bits per heavy atom. The summed E-state index contributed by atoms with van der Waals surface area (Å²) in [6, 6.07) is 11.5. The van der Waals surface area contributed by atoms with Crippen molar-refractivity contribution in [3.8, 4) is 0 Å². The molecular formula is C29H32FN5O4. The third-order valence-electron chi connectivity index (χ3n) is 6.99. The molecule has 3 aromatic rings. The Labute approximate surface area is 226 Å². The summed E-state index contributed by atoms with van der Waals surface area (Å²) in [5.74, 6) is -1.34. The highest BCUT2D eigenvalue weighted by Gasteiger charge is 2.35. The Bertz CT molecular complexity index is 1510. The van der Waals surface area contributed by atoms with E-state index in [1.54, 1.807) is 56.1 Å². The highest BCUT2D eigenvalue weighted by atomic mass is 19.1. The summed E-state index contributed by atoms with van der Waals surface area (Å²) >= 11 is 0. The third-order valence-corrected chi connectivity index (χ3v) is 6.99. The molecule has 1 aliphatic rings. The van der Waals surface area contributed by atoms with Crippen molar-refractivity contribution in [2.45, 2.75) is 45.6 Å². The lowest BCUT2D eigenvalue weighted by molar-refractivity contribution is -0.118. The zero-order chi connectivity index (χ0) is 28.4. The molecule has 9 nitrogen and oxygen atoms in total. The van der Waals surface area contributed by atoms with Gasteiger partial charge in [0.2, 0.25) is 12.3 Å². The lowest BCUT2D eigenvalue weighted by atomic mass is 10.0. The number of aromatic nitrogens is 1. The molecular weight excluding hydrogens is 501 g/mol. The Kier molecular flexibility index (Phi) is 7.85. The van der Waals surface area contributed by atoms with Crippen molar-refractivity contribution in [2.75, 3.05) is 17.3 Å². The Balaban J connectivity index is 1.94. The molecule has 0 saturated heterocycles. The first kappa shape index (κ1) is 27.6. The summed E-state index contributed by atoms with van der Waals surface area (Å²) in [7, 11) is 3.17. The predicted molar refractivity (Wildman–Crippen MR) is 148 cm³/mol. The minimum absolute atomic E-state index is 0.0358. The van der Waals surface area contributed by atoms with E-state index >= 15 is 0 Å². The second kappa shape index (κ2) is 11.1. The second-order valence-electron chi connectivity index (χ2n) is 9.93. The van der Waals surface area contributed by atoms with Gasteiger partial charge < -0.3 is 16.0 Å². The number of hydrogen-bond donors (Lipinski definition) is 2. The van der Waals surface area contributed by atoms with E-state index in [-0.39, 0.29) is 40.8 Å². The zero-order valence-corrected chi connectivity index (χ0v) is 22.5. The van der Waals surface area contributed by atoms with Crippen LogP contribution in [0.3, 0.4) is 0 Å². The van der Waals surface area contributed by atoms with Crippen molar-refractivity contribution in [2.24, 2.45) is 12.8 Å². The molecule has 3 N–H and O–H groups in total. The second-order valence-corrected chi connectivity index (χ2v) is 9.93. The van der Waals surface area contributed by atoms with Gasteiger partial charge >= 0.3 is 0 Å². The first-order chi connectivity index (χ1) is 18.5. The van der Waals surface area contributed by atoms with Crippen molar-refractivity contribution in [1.82, 2.24) is 9.47 Å². The smallest absolute Gasteiger partial charge is 0.259 e. The predicted octanol–water partition coefficient (Wildman–Crippen LogP) is 3.83. The molecule has 3 amide bonds. The van der Waals surface area contributed by atoms with E-state index in [0.717, 1.165) is 18.4 Å². The molecule has 1 aromatic heterocycles. The van der Waals surface area contributed by atoms with Crippen LogP contribution in [-0.2, 0) is 23.1 Å². The van der Waals surface area contributed by atoms with Gasteiger partial charge in [-0.05, 0) is 68.5 Å². The number of benzene rings is 2. The standard InChI is InChI=1S/C29H32FN5O4/c1-17-8-12-23(22(30)14-17)32-27-25(29(39)33(3)20-10-11-20)26(18(2)28(38)34(27)4)35(16-36)21-7-5-6-19(15-21)9-13-24(31)37/h5-8,12,14-16,20,32H,9-11,13H2,1-4H3,(H2,31,37). The topological polar surface area (TPSA) is 118 Å². The fraction of sp³-hybridized carbons (Fsp3) is 0.310. The molecule has 0 bridgehead atoms. The number of primary amides is 1. The van der Waals surface area contributed by atoms with Gasteiger partial charge in [0, 0.05) is 37.8 Å². The molecule has 10 heteroatoms. The van der Waals surface area contributed by atoms with Crippen LogP contribution in [0.4, 0.5) is 27.3 Å². The minimum Gasteiger partial charge on any atom is -0.370 e. The molecule has 1 fully saturated rings. The monoisotopic (exact) mass is 533 g/mol. The van der Waals surface area contributed by atoms with Crippen molar-refractivity contribution in [1.29, 1.82) is 0 Å². The van der Waals surface area contributed by atoms with E-state index in [0.29, 0.717) is 24.1 Å². The highest BCUT2D eigenvalue weighted by Crippen LogP contribution is 2.38. The molecule has 0 atom stereocenters. The summed E-state index contributed by atoms with van der Waals surface area (Å²) in [6.45, 7) is 3.31. The van der Waals surface area contributed by atoms with Crippen LogP contribution in [0.25, 0.3) is 0 Å². The maximum atomic E-state index is 14.9. The van der Waals surface area contributed by atoms with Gasteiger partial charge in [0.25, 0.3) is 11.5 Å². The summed E-state index contributed by atoms with van der Waals surface area (Å²) in [5.41, 5.74) is 7.14. The number of nitrogens with one attached hydrogen (secondary N) is 1. The van der Waals surface area contributed by atoms with Gasteiger partial charge in [-0.3, -0.25) is 28.6 Å². The highest BCUT2D eigenvalue weighted by molar-refractivity contribution is 6.09. The van der Waals surface area contributed by atoms with E-state index in [9.17, 15) is 23.6 Å². The number of carbonyl (C=O) groups excluding carboxylic acids is 3. The van der Waals surface area contributed by atoms with Gasteiger partial charge in [0.15, 0.2) is 0 Å². The van der Waals surface area contributed by atoms with Crippen LogP contribution < -0.4 is 21.5 Å². The van der Waals surface area contributed by atoms with Crippen LogP contribution >= 0.6 is 0 Å². The molecule has 1 saturated carbocycles. The first-order valence-electron chi connectivity index (χ1n) is 12.7. The molecule has 204 valence electrons. The number of hydrogen-bond acceptors (Lipinski definition) is 5. The van der Waals surface area contributed by atoms with Crippen molar-refractivity contribution in [3.05, 3.63) is 80.9 Å². The van der Waals surface area contributed by atoms with Crippen molar-refractivity contribution >= 4 is 41.1 Å². The number of carbonyl (C=O) groups is 3. The van der Waals surface area contributed by atoms with Crippen LogP contribution in [0.15, 0.2) is 47.3 Å². The van der Waals surface area contributed by atoms with Gasteiger partial charge in [-0.2, -0.15) is 0 Å². The number of rotatable bonds is 10. The number of nitrogens with zero attached hydrogens (tertiary/aromatic N) is 3. The molecule has 1 heterocycles. The third kappa shape index (κ3) is 5.69. The quantitative estimate of drug-likeness (QED) is 0.384. The van der Waals surface area contributed by atoms with E-state index in [2.05, 4.69) is 5.32 Å². The SMILES string of the molecule is Cc1ccc(Nc2c(C(=O)N(C)C3CC3)c(N(C=O)c3cccc(CCC(N)=O)c3)c(C)c(=O)n2C)c(F)c1. The van der Waals surface area contributed by atoms with E-state index < -0.39 is 23.2 Å². The maximum absolute atomic E-state index is 14.9. The van der Waals surface area contributed by atoms with Crippen LogP contribution in [0.5, 0.6) is 0 Å². The molecule has 0 aliphatic heterocycles. The molecule has 0 radical (unpaired) electrons. The van der Waals surface area contributed by atoms with Crippen LogP contribution in [0.2, 0.25) is 0 Å². The van der Waals surface area contributed by atoms with E-state index in [1.165, 1.54) is 28.6 Å². The molecule has 0 spiro atoms. The first-order valence-corrected chi connectivity index (χ1v) is 12.7. The zero-order valence-electron chi connectivity index (χ0n) is 22.5. The summed E-state index contributed by atoms with van der Waals surface area (Å²) in [6.07, 6.45) is 2.72. The van der Waals surface area contributed by atoms with Gasteiger partial charge in [-0.1, -0.05) is 18.2 Å². The normalized spacial score (nSPS) is 12.6. The van der Waals surface area contributed by atoms with Gasteiger partial charge in [-0.15, -0.1) is 0 Å². The molecule has 39 heavy (non-hydrogen) atoms. The minimum atomic E-state index is -0.548. The van der Waals surface area contributed by atoms with Crippen LogP contribution in [0, 0.1) is 19.7 Å². The number of anilines is 4. The molecule has 2 aromatic carbocycles. The maximum Gasteiger partial charge on any atom is 0.259 e. The largest absolute Gasteiger partial charge is 0.370 e.